The summed E-state index contributed by atoms with van der Waals surface area (Å²) < 4.78 is 0. The van der Waals surface area contributed by atoms with Crippen LogP contribution in [0.1, 0.15) is 35.5 Å². The van der Waals surface area contributed by atoms with Gasteiger partial charge in [-0.2, -0.15) is 5.10 Å². The molecule has 2 aromatic carbocycles. The Bertz CT molecular complexity index is 1130. The van der Waals surface area contributed by atoms with Gasteiger partial charge in [0.25, 0.3) is 5.91 Å². The van der Waals surface area contributed by atoms with Gasteiger partial charge in [-0.05, 0) is 43.7 Å². The lowest BCUT2D eigenvalue weighted by atomic mass is 10.0. The van der Waals surface area contributed by atoms with E-state index in [-0.39, 0.29) is 36.6 Å². The maximum atomic E-state index is 12.8. The van der Waals surface area contributed by atoms with E-state index in [1.54, 1.807) is 23.6 Å². The summed E-state index contributed by atoms with van der Waals surface area (Å²) in [5.41, 5.74) is 8.53. The van der Waals surface area contributed by atoms with Crippen LogP contribution in [0.15, 0.2) is 48.5 Å². The minimum atomic E-state index is -0.891. The predicted molar refractivity (Wildman–Crippen MR) is 137 cm³/mol. The lowest BCUT2D eigenvalue weighted by molar-refractivity contribution is -0.137. The maximum absolute atomic E-state index is 12.8. The van der Waals surface area contributed by atoms with Crippen molar-refractivity contribution in [3.8, 4) is 0 Å². The van der Waals surface area contributed by atoms with E-state index in [1.165, 1.54) is 0 Å². The molecule has 0 atom stereocenters. The monoisotopic (exact) mass is 489 g/mol. The van der Waals surface area contributed by atoms with Crippen molar-refractivity contribution < 1.29 is 9.59 Å². The second kappa shape index (κ2) is 10.8. The summed E-state index contributed by atoms with van der Waals surface area (Å²) in [4.78, 5) is 28.7. The third kappa shape index (κ3) is 5.93. The van der Waals surface area contributed by atoms with Crippen LogP contribution in [-0.2, 0) is 4.79 Å². The van der Waals surface area contributed by atoms with E-state index in [0.29, 0.717) is 31.7 Å². The molecular formula is C24H29Cl2N5O2. The molecule has 1 saturated heterocycles. The van der Waals surface area contributed by atoms with Gasteiger partial charge in [-0.1, -0.05) is 36.4 Å². The van der Waals surface area contributed by atoms with Gasteiger partial charge in [-0.15, -0.1) is 24.8 Å². The zero-order valence-electron chi connectivity index (χ0n) is 18.7. The van der Waals surface area contributed by atoms with Crippen LogP contribution in [0.5, 0.6) is 0 Å². The summed E-state index contributed by atoms with van der Waals surface area (Å²) in [5, 5.41) is 8.43. The number of rotatable bonds is 4. The Balaban J connectivity index is 0.00000193. The van der Waals surface area contributed by atoms with Gasteiger partial charge in [-0.3, -0.25) is 14.7 Å². The topological polar surface area (TPSA) is 95.3 Å². The molecule has 176 valence electrons. The van der Waals surface area contributed by atoms with Crippen molar-refractivity contribution in [3.63, 3.8) is 0 Å². The fraction of sp³-hybridized carbons (Fsp3) is 0.292. The number of hydrogen-bond acceptors (Lipinski definition) is 4. The molecule has 9 heteroatoms. The molecule has 33 heavy (non-hydrogen) atoms. The van der Waals surface area contributed by atoms with Crippen LogP contribution in [0.3, 0.4) is 0 Å². The first kappa shape index (κ1) is 26.4. The zero-order chi connectivity index (χ0) is 22.0. The maximum Gasteiger partial charge on any atom is 0.253 e. The zero-order valence-corrected chi connectivity index (χ0v) is 20.3. The van der Waals surface area contributed by atoms with E-state index in [2.05, 4.69) is 10.2 Å². The summed E-state index contributed by atoms with van der Waals surface area (Å²) in [6.07, 6.45) is 3.95. The summed E-state index contributed by atoms with van der Waals surface area (Å²) in [6.45, 7) is 5.44. The second-order valence-corrected chi connectivity index (χ2v) is 8.42. The molecule has 1 aliphatic rings. The molecule has 0 saturated carbocycles. The number of piperazine rings is 1. The molecule has 2 heterocycles. The summed E-state index contributed by atoms with van der Waals surface area (Å²) >= 11 is 0. The molecule has 0 spiro atoms. The molecule has 0 radical (unpaired) electrons. The van der Waals surface area contributed by atoms with Crippen LogP contribution >= 0.6 is 24.8 Å². The standard InChI is InChI=1S/C24H27N5O2.2ClH/c1-24(2,25)23(31)29-15-13-28(14-16-29)22(30)18-10-7-17(8-11-18)9-12-21-19-5-3-4-6-20(19)26-27-21;;/h3-12H,13-16,25H2,1-2H3,(H,26,27);2*1H. The van der Waals surface area contributed by atoms with Gasteiger partial charge in [0.2, 0.25) is 5.91 Å². The van der Waals surface area contributed by atoms with Crippen LogP contribution in [0.2, 0.25) is 0 Å². The molecule has 3 N–H and O–H groups in total. The Morgan fingerprint density at radius 1 is 0.939 bits per heavy atom. The third-order valence-electron chi connectivity index (χ3n) is 5.50. The lowest BCUT2D eigenvalue weighted by Crippen LogP contribution is -2.57. The van der Waals surface area contributed by atoms with Crippen molar-refractivity contribution in [1.82, 2.24) is 20.0 Å². The highest BCUT2D eigenvalue weighted by Crippen LogP contribution is 2.18. The van der Waals surface area contributed by atoms with Crippen molar-refractivity contribution in [3.05, 3.63) is 65.4 Å². The van der Waals surface area contributed by atoms with E-state index in [1.807, 2.05) is 60.7 Å². The van der Waals surface area contributed by atoms with Crippen LogP contribution < -0.4 is 5.73 Å². The molecule has 0 unspecified atom stereocenters. The highest BCUT2D eigenvalue weighted by atomic mass is 35.5. The highest BCUT2D eigenvalue weighted by molar-refractivity contribution is 5.95. The van der Waals surface area contributed by atoms with E-state index >= 15 is 0 Å². The molecule has 3 aromatic rings. The number of nitrogens with zero attached hydrogens (tertiary/aromatic N) is 3. The number of nitrogens with one attached hydrogen (secondary N) is 1. The highest BCUT2D eigenvalue weighted by Gasteiger charge is 2.31. The van der Waals surface area contributed by atoms with E-state index in [9.17, 15) is 9.59 Å². The van der Waals surface area contributed by atoms with Gasteiger partial charge >= 0.3 is 0 Å². The fourth-order valence-electron chi connectivity index (χ4n) is 3.73. The number of fused-ring (bicyclic) bond motifs is 1. The number of para-hydroxylation sites is 1. The number of aromatic amines is 1. The molecule has 4 rings (SSSR count). The number of carbonyl (C=O) groups is 2. The normalized spacial score (nSPS) is 14.2. The number of benzene rings is 2. The average Bonchev–Trinajstić information content (AvgIpc) is 3.20. The van der Waals surface area contributed by atoms with Crippen molar-refractivity contribution >= 4 is 59.7 Å². The molecule has 1 fully saturated rings. The number of hydrogen-bond donors (Lipinski definition) is 2. The molecule has 2 amide bonds. The van der Waals surface area contributed by atoms with Crippen molar-refractivity contribution in [2.45, 2.75) is 19.4 Å². The summed E-state index contributed by atoms with van der Waals surface area (Å²) in [6, 6.07) is 15.5. The number of amides is 2. The Kier molecular flexibility index (Phi) is 8.66. The van der Waals surface area contributed by atoms with E-state index in [0.717, 1.165) is 22.2 Å². The minimum Gasteiger partial charge on any atom is -0.338 e. The molecule has 1 aromatic heterocycles. The third-order valence-corrected chi connectivity index (χ3v) is 5.50. The predicted octanol–water partition coefficient (Wildman–Crippen LogP) is 3.60. The fourth-order valence-corrected chi connectivity index (χ4v) is 3.73. The van der Waals surface area contributed by atoms with Crippen LogP contribution in [-0.4, -0.2) is 63.5 Å². The van der Waals surface area contributed by atoms with Gasteiger partial charge < -0.3 is 15.5 Å². The SMILES string of the molecule is CC(C)(N)C(=O)N1CCN(C(=O)c2ccc(C=Cc3n[nH]c4ccccc34)cc2)CC1.Cl.Cl. The lowest BCUT2D eigenvalue weighted by Gasteiger charge is -2.37. The number of carbonyl (C=O) groups excluding carboxylic acids is 2. The minimum absolute atomic E-state index is 0. The average molecular weight is 490 g/mol. The molecule has 7 nitrogen and oxygen atoms in total. The first-order valence-electron chi connectivity index (χ1n) is 10.4. The largest absolute Gasteiger partial charge is 0.338 e. The molecule has 0 bridgehead atoms. The number of H-pyrrole nitrogens is 1. The van der Waals surface area contributed by atoms with Gasteiger partial charge in [-0.25, -0.2) is 0 Å². The van der Waals surface area contributed by atoms with Gasteiger partial charge in [0.05, 0.1) is 16.7 Å². The Morgan fingerprint density at radius 3 is 2.18 bits per heavy atom. The van der Waals surface area contributed by atoms with Crippen molar-refractivity contribution in [2.24, 2.45) is 5.73 Å². The summed E-state index contributed by atoms with van der Waals surface area (Å²) in [7, 11) is 0. The smallest absolute Gasteiger partial charge is 0.253 e. The van der Waals surface area contributed by atoms with E-state index < -0.39 is 5.54 Å². The number of nitrogens with two attached hydrogens (primary N) is 1. The first-order chi connectivity index (χ1) is 14.8. The Morgan fingerprint density at radius 2 is 1.55 bits per heavy atom. The van der Waals surface area contributed by atoms with Crippen molar-refractivity contribution in [1.29, 1.82) is 0 Å². The molecular weight excluding hydrogens is 461 g/mol. The Labute approximate surface area is 205 Å². The van der Waals surface area contributed by atoms with Crippen LogP contribution in [0.4, 0.5) is 0 Å². The Hall–Kier alpha value is -2.87. The van der Waals surface area contributed by atoms with Crippen LogP contribution in [0.25, 0.3) is 23.1 Å². The second-order valence-electron chi connectivity index (χ2n) is 8.42. The van der Waals surface area contributed by atoms with Crippen LogP contribution in [0, 0.1) is 0 Å². The number of aromatic nitrogens is 2. The van der Waals surface area contributed by atoms with Gasteiger partial charge in [0, 0.05) is 37.1 Å². The number of halogens is 2. The van der Waals surface area contributed by atoms with Crippen molar-refractivity contribution in [2.75, 3.05) is 26.2 Å². The van der Waals surface area contributed by atoms with Gasteiger partial charge in [0.1, 0.15) is 0 Å². The molecule has 1 aliphatic heterocycles. The molecule has 0 aliphatic carbocycles. The summed E-state index contributed by atoms with van der Waals surface area (Å²) in [5.74, 6) is -0.103. The first-order valence-corrected chi connectivity index (χ1v) is 10.4. The quantitative estimate of drug-likeness (QED) is 0.584. The van der Waals surface area contributed by atoms with Gasteiger partial charge in [0.15, 0.2) is 0 Å². The van der Waals surface area contributed by atoms with E-state index in [4.69, 9.17) is 5.73 Å².